The molecular weight excluding hydrogens is 164 g/mol. The molecule has 2 atom stereocenters. The summed E-state index contributed by atoms with van der Waals surface area (Å²) in [6, 6.07) is 0.739. The Balaban J connectivity index is 1.74. The van der Waals surface area contributed by atoms with Gasteiger partial charge in [-0.15, -0.1) is 0 Å². The minimum absolute atomic E-state index is 0.188. The third kappa shape index (κ3) is 1.70. The van der Waals surface area contributed by atoms with E-state index in [2.05, 4.69) is 10.2 Å². The van der Waals surface area contributed by atoms with Gasteiger partial charge in [-0.3, -0.25) is 9.69 Å². The van der Waals surface area contributed by atoms with E-state index in [1.165, 1.54) is 19.3 Å². The molecule has 1 aliphatic carbocycles. The van der Waals surface area contributed by atoms with Crippen molar-refractivity contribution in [1.82, 2.24) is 10.2 Å². The quantitative estimate of drug-likeness (QED) is 0.693. The minimum atomic E-state index is 0.188. The topological polar surface area (TPSA) is 32.3 Å². The standard InChI is InChI=1S/C10H18N2O/c1-2-11-10(13)7-12-6-8-4-3-5-9(8)12/h8-9H,2-7H2,1H3,(H,11,13). The molecule has 0 bridgehead atoms. The van der Waals surface area contributed by atoms with E-state index in [1.807, 2.05) is 6.92 Å². The first kappa shape index (κ1) is 9.00. The monoisotopic (exact) mass is 182 g/mol. The van der Waals surface area contributed by atoms with E-state index >= 15 is 0 Å². The molecule has 1 aliphatic heterocycles. The molecule has 1 saturated heterocycles. The van der Waals surface area contributed by atoms with Crippen molar-refractivity contribution in [2.45, 2.75) is 32.2 Å². The van der Waals surface area contributed by atoms with Crippen LogP contribution in [0.3, 0.4) is 0 Å². The van der Waals surface area contributed by atoms with Gasteiger partial charge in [0, 0.05) is 19.1 Å². The molecule has 0 radical (unpaired) electrons. The van der Waals surface area contributed by atoms with Crippen LogP contribution in [0.1, 0.15) is 26.2 Å². The largest absolute Gasteiger partial charge is 0.355 e. The maximum Gasteiger partial charge on any atom is 0.234 e. The third-order valence-corrected chi connectivity index (χ3v) is 3.28. The molecule has 3 nitrogen and oxygen atoms in total. The summed E-state index contributed by atoms with van der Waals surface area (Å²) in [5.41, 5.74) is 0. The van der Waals surface area contributed by atoms with Crippen LogP contribution in [0.5, 0.6) is 0 Å². The Morgan fingerprint density at radius 3 is 3.08 bits per heavy atom. The number of fused-ring (bicyclic) bond motifs is 1. The van der Waals surface area contributed by atoms with Crippen LogP contribution in [-0.2, 0) is 4.79 Å². The number of likely N-dealkylation sites (tertiary alicyclic amines) is 1. The van der Waals surface area contributed by atoms with Crippen LogP contribution in [-0.4, -0.2) is 36.5 Å². The van der Waals surface area contributed by atoms with Gasteiger partial charge in [-0.05, 0) is 25.7 Å². The lowest BCUT2D eigenvalue weighted by atomic mass is 9.92. The molecule has 3 heteroatoms. The second-order valence-electron chi connectivity index (χ2n) is 4.14. The molecule has 2 rings (SSSR count). The summed E-state index contributed by atoms with van der Waals surface area (Å²) in [6.07, 6.45) is 4.06. The summed E-state index contributed by atoms with van der Waals surface area (Å²) in [5, 5.41) is 2.84. The zero-order chi connectivity index (χ0) is 9.26. The highest BCUT2D eigenvalue weighted by atomic mass is 16.2. The molecule has 0 aromatic carbocycles. The van der Waals surface area contributed by atoms with Crippen LogP contribution in [0.2, 0.25) is 0 Å². The molecule has 1 saturated carbocycles. The molecule has 13 heavy (non-hydrogen) atoms. The average molecular weight is 182 g/mol. The minimum Gasteiger partial charge on any atom is -0.355 e. The van der Waals surface area contributed by atoms with Gasteiger partial charge in [0.2, 0.25) is 5.91 Å². The molecule has 1 heterocycles. The number of nitrogens with one attached hydrogen (secondary N) is 1. The Morgan fingerprint density at radius 1 is 1.54 bits per heavy atom. The fraction of sp³-hybridized carbons (Fsp3) is 0.900. The van der Waals surface area contributed by atoms with Crippen molar-refractivity contribution < 1.29 is 4.79 Å². The van der Waals surface area contributed by atoms with Crippen molar-refractivity contribution in [2.24, 2.45) is 5.92 Å². The Morgan fingerprint density at radius 2 is 2.38 bits per heavy atom. The van der Waals surface area contributed by atoms with Crippen LogP contribution in [0.15, 0.2) is 0 Å². The lowest BCUT2D eigenvalue weighted by Gasteiger charge is -2.44. The third-order valence-electron chi connectivity index (χ3n) is 3.28. The Bertz CT molecular complexity index is 205. The van der Waals surface area contributed by atoms with Gasteiger partial charge in [-0.1, -0.05) is 6.42 Å². The number of rotatable bonds is 3. The molecule has 1 amide bonds. The van der Waals surface area contributed by atoms with Gasteiger partial charge in [-0.25, -0.2) is 0 Å². The van der Waals surface area contributed by atoms with Crippen LogP contribution < -0.4 is 5.32 Å². The Kier molecular flexibility index (Phi) is 2.54. The normalized spacial score (nSPS) is 32.4. The van der Waals surface area contributed by atoms with Crippen molar-refractivity contribution in [3.05, 3.63) is 0 Å². The van der Waals surface area contributed by atoms with E-state index in [9.17, 15) is 4.79 Å². The zero-order valence-corrected chi connectivity index (χ0v) is 8.25. The second-order valence-corrected chi connectivity index (χ2v) is 4.14. The second kappa shape index (κ2) is 3.66. The first-order valence-electron chi connectivity index (χ1n) is 5.32. The summed E-state index contributed by atoms with van der Waals surface area (Å²) in [5.74, 6) is 1.10. The van der Waals surface area contributed by atoms with Gasteiger partial charge in [0.05, 0.1) is 6.54 Å². The summed E-state index contributed by atoms with van der Waals surface area (Å²) in [4.78, 5) is 13.6. The first-order chi connectivity index (χ1) is 6.31. The van der Waals surface area contributed by atoms with Crippen molar-refractivity contribution in [1.29, 1.82) is 0 Å². The highest BCUT2D eigenvalue weighted by molar-refractivity contribution is 5.78. The molecule has 2 unspecified atom stereocenters. The van der Waals surface area contributed by atoms with E-state index in [0.29, 0.717) is 6.54 Å². The maximum absolute atomic E-state index is 11.3. The number of carbonyl (C=O) groups is 1. The summed E-state index contributed by atoms with van der Waals surface area (Å²) in [6.45, 7) is 4.49. The van der Waals surface area contributed by atoms with E-state index in [0.717, 1.165) is 25.0 Å². The fourth-order valence-electron chi connectivity index (χ4n) is 2.63. The average Bonchev–Trinajstić information content (AvgIpc) is 2.43. The fourth-order valence-corrected chi connectivity index (χ4v) is 2.63. The molecule has 1 N–H and O–H groups in total. The van der Waals surface area contributed by atoms with Gasteiger partial charge in [0.15, 0.2) is 0 Å². The molecule has 0 aromatic heterocycles. The Labute approximate surface area is 79.5 Å². The number of nitrogens with zero attached hydrogens (tertiary/aromatic N) is 1. The van der Waals surface area contributed by atoms with E-state index in [1.54, 1.807) is 0 Å². The van der Waals surface area contributed by atoms with E-state index in [-0.39, 0.29) is 5.91 Å². The summed E-state index contributed by atoms with van der Waals surface area (Å²) in [7, 11) is 0. The van der Waals surface area contributed by atoms with Gasteiger partial charge >= 0.3 is 0 Å². The van der Waals surface area contributed by atoms with Crippen molar-refractivity contribution in [3.63, 3.8) is 0 Å². The zero-order valence-electron chi connectivity index (χ0n) is 8.25. The van der Waals surface area contributed by atoms with Gasteiger partial charge in [0.25, 0.3) is 0 Å². The number of likely N-dealkylation sites (N-methyl/N-ethyl adjacent to an activating group) is 1. The number of amides is 1. The number of carbonyl (C=O) groups excluding carboxylic acids is 1. The van der Waals surface area contributed by atoms with Crippen LogP contribution in [0, 0.1) is 5.92 Å². The molecule has 74 valence electrons. The predicted octanol–water partition coefficient (Wildman–Crippen LogP) is 0.607. The summed E-state index contributed by atoms with van der Waals surface area (Å²) < 4.78 is 0. The highest BCUT2D eigenvalue weighted by Gasteiger charge is 2.42. The van der Waals surface area contributed by atoms with Gasteiger partial charge < -0.3 is 5.32 Å². The summed E-state index contributed by atoms with van der Waals surface area (Å²) >= 11 is 0. The maximum atomic E-state index is 11.3. The first-order valence-corrected chi connectivity index (χ1v) is 5.32. The number of hydrogen-bond donors (Lipinski definition) is 1. The molecule has 2 fully saturated rings. The van der Waals surface area contributed by atoms with Gasteiger partial charge in [-0.2, -0.15) is 0 Å². The smallest absolute Gasteiger partial charge is 0.234 e. The van der Waals surface area contributed by atoms with Crippen LogP contribution in [0.25, 0.3) is 0 Å². The number of hydrogen-bond acceptors (Lipinski definition) is 2. The van der Waals surface area contributed by atoms with Gasteiger partial charge in [0.1, 0.15) is 0 Å². The SMILES string of the molecule is CCNC(=O)CN1CC2CCCC21. The van der Waals surface area contributed by atoms with E-state index < -0.39 is 0 Å². The Hall–Kier alpha value is -0.570. The predicted molar refractivity (Wildman–Crippen MR) is 51.4 cm³/mol. The molecule has 0 spiro atoms. The van der Waals surface area contributed by atoms with Crippen LogP contribution >= 0.6 is 0 Å². The van der Waals surface area contributed by atoms with Crippen LogP contribution in [0.4, 0.5) is 0 Å². The van der Waals surface area contributed by atoms with Crippen molar-refractivity contribution in [2.75, 3.05) is 19.6 Å². The molecular formula is C10H18N2O. The lowest BCUT2D eigenvalue weighted by Crippen LogP contribution is -2.56. The lowest BCUT2D eigenvalue weighted by molar-refractivity contribution is -0.125. The highest BCUT2D eigenvalue weighted by Crippen LogP contribution is 2.38. The van der Waals surface area contributed by atoms with E-state index in [4.69, 9.17) is 0 Å². The molecule has 0 aromatic rings. The van der Waals surface area contributed by atoms with Crippen molar-refractivity contribution >= 4 is 5.91 Å². The molecule has 2 aliphatic rings. The van der Waals surface area contributed by atoms with Crippen molar-refractivity contribution in [3.8, 4) is 0 Å².